The molecule has 132 valence electrons. The van der Waals surface area contributed by atoms with Crippen LogP contribution in [0.25, 0.3) is 11.5 Å². The van der Waals surface area contributed by atoms with Gasteiger partial charge >= 0.3 is 0 Å². The normalized spacial score (nSPS) is 15.8. The van der Waals surface area contributed by atoms with E-state index in [1.54, 1.807) is 18.3 Å². The summed E-state index contributed by atoms with van der Waals surface area (Å²) in [6, 6.07) is 9.55. The van der Waals surface area contributed by atoms with E-state index in [-0.39, 0.29) is 11.6 Å². The molecule has 1 saturated heterocycles. The molecule has 6 nitrogen and oxygen atoms in total. The molecule has 1 unspecified atom stereocenters. The van der Waals surface area contributed by atoms with Crippen molar-refractivity contribution in [3.8, 4) is 29.4 Å². The number of hydrogen-bond acceptors (Lipinski definition) is 6. The number of hydrogen-bond donors (Lipinski definition) is 1. The number of pyridine rings is 1. The van der Waals surface area contributed by atoms with Gasteiger partial charge in [-0.1, -0.05) is 17.0 Å². The van der Waals surface area contributed by atoms with Gasteiger partial charge < -0.3 is 9.84 Å². The third-order valence-corrected chi connectivity index (χ3v) is 4.17. The first-order chi connectivity index (χ1) is 13.2. The molecule has 4 rings (SSSR count). The lowest BCUT2D eigenvalue weighted by atomic mass is 10.1. The fourth-order valence-electron chi connectivity index (χ4n) is 2.85. The fourth-order valence-corrected chi connectivity index (χ4v) is 2.85. The summed E-state index contributed by atoms with van der Waals surface area (Å²) in [4.78, 5) is 8.72. The molecule has 27 heavy (non-hydrogen) atoms. The smallest absolute Gasteiger partial charge is 0.244 e. The first kappa shape index (κ1) is 16.9. The molecule has 7 heteroatoms. The van der Waals surface area contributed by atoms with Gasteiger partial charge in [0.15, 0.2) is 0 Å². The number of aromatic nitrogens is 3. The second kappa shape index (κ2) is 7.36. The summed E-state index contributed by atoms with van der Waals surface area (Å²) in [5.74, 6) is 6.26. The maximum Gasteiger partial charge on any atom is 0.244 e. The van der Waals surface area contributed by atoms with E-state index in [1.807, 2.05) is 6.07 Å². The van der Waals surface area contributed by atoms with Crippen LogP contribution in [0, 0.1) is 29.0 Å². The van der Waals surface area contributed by atoms with E-state index in [4.69, 9.17) is 9.78 Å². The largest absolute Gasteiger partial charge is 0.337 e. The number of rotatable bonds is 2. The van der Waals surface area contributed by atoms with Crippen LogP contribution in [0.15, 0.2) is 41.1 Å². The van der Waals surface area contributed by atoms with Crippen molar-refractivity contribution in [2.24, 2.45) is 0 Å². The van der Waals surface area contributed by atoms with Gasteiger partial charge in [0.1, 0.15) is 11.5 Å². The Bertz CT molecular complexity index is 1070. The molecule has 0 radical (unpaired) electrons. The Kier molecular flexibility index (Phi) is 4.61. The molecule has 2 aromatic heterocycles. The highest BCUT2D eigenvalue weighted by Gasteiger charge is 2.22. The van der Waals surface area contributed by atoms with E-state index in [9.17, 15) is 4.39 Å². The molecule has 0 bridgehead atoms. The lowest BCUT2D eigenvalue weighted by Crippen LogP contribution is -2.12. The van der Waals surface area contributed by atoms with Gasteiger partial charge in [0.25, 0.3) is 0 Å². The minimum absolute atomic E-state index is 0.112. The zero-order valence-electron chi connectivity index (χ0n) is 14.2. The van der Waals surface area contributed by atoms with Gasteiger partial charge in [-0.3, -0.25) is 4.98 Å². The van der Waals surface area contributed by atoms with Crippen molar-refractivity contribution in [2.45, 2.75) is 18.9 Å². The maximum absolute atomic E-state index is 13.4. The van der Waals surface area contributed by atoms with Gasteiger partial charge in [-0.15, -0.1) is 0 Å². The first-order valence-electron chi connectivity index (χ1n) is 8.47. The van der Waals surface area contributed by atoms with E-state index < -0.39 is 5.82 Å². The lowest BCUT2D eigenvalue weighted by molar-refractivity contribution is 0.345. The van der Waals surface area contributed by atoms with Crippen molar-refractivity contribution >= 4 is 0 Å². The summed E-state index contributed by atoms with van der Waals surface area (Å²) in [5.41, 5.74) is 1.91. The van der Waals surface area contributed by atoms with Gasteiger partial charge in [0.2, 0.25) is 11.7 Å². The molecule has 0 spiro atoms. The maximum atomic E-state index is 13.4. The van der Waals surface area contributed by atoms with E-state index in [0.717, 1.165) is 19.4 Å². The third-order valence-electron chi connectivity index (χ3n) is 4.17. The minimum atomic E-state index is -0.489. The van der Waals surface area contributed by atoms with Gasteiger partial charge in [-0.25, -0.2) is 4.39 Å². The summed E-state index contributed by atoms with van der Waals surface area (Å²) in [7, 11) is 0. The van der Waals surface area contributed by atoms with Crippen LogP contribution in [0.2, 0.25) is 0 Å². The first-order valence-corrected chi connectivity index (χ1v) is 8.47. The van der Waals surface area contributed by atoms with Crippen LogP contribution in [0.3, 0.4) is 0 Å². The Balaban J connectivity index is 1.52. The number of benzene rings is 1. The average Bonchev–Trinajstić information content (AvgIpc) is 3.38. The van der Waals surface area contributed by atoms with Crippen LogP contribution in [-0.2, 0) is 0 Å². The van der Waals surface area contributed by atoms with Crippen LogP contribution in [0.4, 0.5) is 4.39 Å². The second-order valence-corrected chi connectivity index (χ2v) is 6.13. The molecular formula is C20H14FN5O. The zero-order chi connectivity index (χ0) is 18.6. The van der Waals surface area contributed by atoms with Crippen LogP contribution < -0.4 is 5.32 Å². The van der Waals surface area contributed by atoms with Crippen molar-refractivity contribution in [2.75, 3.05) is 6.54 Å². The average molecular weight is 359 g/mol. The standard InChI is InChI=1S/C20H14FN5O/c21-16-9-14(8-15(10-16)11-22)4-3-13-5-6-17(24-12-13)19-25-20(27-26-19)18-2-1-7-23-18/h5-6,8-10,12,18,23H,1-2,7H2. The highest BCUT2D eigenvalue weighted by atomic mass is 19.1. The molecule has 1 fully saturated rings. The van der Waals surface area contributed by atoms with Crippen molar-refractivity contribution in [3.63, 3.8) is 0 Å². The molecule has 1 atom stereocenters. The summed E-state index contributed by atoms with van der Waals surface area (Å²) in [6.45, 7) is 0.954. The summed E-state index contributed by atoms with van der Waals surface area (Å²) >= 11 is 0. The molecule has 3 aromatic rings. The van der Waals surface area contributed by atoms with Gasteiger partial charge in [0, 0.05) is 17.3 Å². The molecule has 3 heterocycles. The number of nitrogens with zero attached hydrogens (tertiary/aromatic N) is 4. The molecule has 1 aliphatic heterocycles. The molecule has 0 aliphatic carbocycles. The zero-order valence-corrected chi connectivity index (χ0v) is 14.2. The predicted octanol–water partition coefficient (Wildman–Crippen LogP) is 2.97. The molecular weight excluding hydrogens is 345 g/mol. The number of halogens is 1. The predicted molar refractivity (Wildman–Crippen MR) is 94.6 cm³/mol. The van der Waals surface area contributed by atoms with Crippen molar-refractivity contribution in [1.82, 2.24) is 20.4 Å². The Morgan fingerprint density at radius 3 is 2.74 bits per heavy atom. The van der Waals surface area contributed by atoms with Gasteiger partial charge in [-0.05, 0) is 49.7 Å². The number of nitriles is 1. The van der Waals surface area contributed by atoms with E-state index in [0.29, 0.717) is 28.5 Å². The highest BCUT2D eigenvalue weighted by molar-refractivity contribution is 5.51. The van der Waals surface area contributed by atoms with Crippen LogP contribution in [0.1, 0.15) is 41.5 Å². The van der Waals surface area contributed by atoms with E-state index >= 15 is 0 Å². The molecule has 1 N–H and O–H groups in total. The van der Waals surface area contributed by atoms with E-state index in [1.165, 1.54) is 18.2 Å². The summed E-state index contributed by atoms with van der Waals surface area (Å²) in [5, 5.41) is 16.2. The van der Waals surface area contributed by atoms with Gasteiger partial charge in [-0.2, -0.15) is 10.2 Å². The molecule has 1 aliphatic rings. The fraction of sp³-hybridized carbons (Fsp3) is 0.200. The second-order valence-electron chi connectivity index (χ2n) is 6.13. The topological polar surface area (TPSA) is 87.6 Å². The Morgan fingerprint density at radius 2 is 2.00 bits per heavy atom. The van der Waals surface area contributed by atoms with Crippen LogP contribution in [-0.4, -0.2) is 21.7 Å². The third kappa shape index (κ3) is 3.84. The Hall–Kier alpha value is -3.55. The highest BCUT2D eigenvalue weighted by Crippen LogP contribution is 2.23. The quantitative estimate of drug-likeness (QED) is 0.708. The van der Waals surface area contributed by atoms with Gasteiger partial charge in [0.05, 0.1) is 17.7 Å². The lowest BCUT2D eigenvalue weighted by Gasteiger charge is -2.01. The monoisotopic (exact) mass is 359 g/mol. The molecule has 1 aromatic carbocycles. The van der Waals surface area contributed by atoms with Crippen molar-refractivity contribution < 1.29 is 8.91 Å². The molecule has 0 saturated carbocycles. The summed E-state index contributed by atoms with van der Waals surface area (Å²) in [6.07, 6.45) is 3.67. The number of nitrogens with one attached hydrogen (secondary N) is 1. The van der Waals surface area contributed by atoms with Crippen molar-refractivity contribution in [1.29, 1.82) is 5.26 Å². The van der Waals surface area contributed by atoms with Crippen LogP contribution in [0.5, 0.6) is 0 Å². The Labute approximate surface area is 155 Å². The van der Waals surface area contributed by atoms with E-state index in [2.05, 4.69) is 32.3 Å². The Morgan fingerprint density at radius 1 is 1.15 bits per heavy atom. The van der Waals surface area contributed by atoms with Crippen LogP contribution >= 0.6 is 0 Å². The SMILES string of the molecule is N#Cc1cc(F)cc(C#Cc2ccc(-c3noc(C4CCCN4)n3)nc2)c1. The molecule has 0 amide bonds. The minimum Gasteiger partial charge on any atom is -0.337 e. The summed E-state index contributed by atoms with van der Waals surface area (Å²) < 4.78 is 18.8. The van der Waals surface area contributed by atoms with Crippen molar-refractivity contribution in [3.05, 3.63) is 64.9 Å².